The van der Waals surface area contributed by atoms with Gasteiger partial charge in [-0.25, -0.2) is 5.84 Å². The van der Waals surface area contributed by atoms with Crippen molar-refractivity contribution < 1.29 is 38.1 Å². The molecule has 1 aliphatic heterocycles. The molecule has 14 heteroatoms. The summed E-state index contributed by atoms with van der Waals surface area (Å²) in [5.41, 5.74) is 11.6. The molecule has 1 aliphatic rings. The van der Waals surface area contributed by atoms with Gasteiger partial charge in [0.2, 0.25) is 11.8 Å². The van der Waals surface area contributed by atoms with E-state index >= 15 is 0 Å². The number of nitrogens with zero attached hydrogens (tertiary/aromatic N) is 2. The van der Waals surface area contributed by atoms with E-state index in [0.29, 0.717) is 92.5 Å². The summed E-state index contributed by atoms with van der Waals surface area (Å²) < 4.78 is 23.5. The molecule has 1 aromatic heterocycles. The van der Waals surface area contributed by atoms with Gasteiger partial charge in [0, 0.05) is 34.4 Å². The van der Waals surface area contributed by atoms with Gasteiger partial charge in [-0.2, -0.15) is 0 Å². The summed E-state index contributed by atoms with van der Waals surface area (Å²) in [6.45, 7) is 5.01. The minimum absolute atomic E-state index is 0.0378. The zero-order valence-electron chi connectivity index (χ0n) is 30.4. The maximum absolute atomic E-state index is 13.3. The maximum Gasteiger partial charge on any atom is 0.227 e. The van der Waals surface area contributed by atoms with Crippen LogP contribution in [0.25, 0.3) is 21.5 Å². The molecule has 3 aromatic carbocycles. The molecule has 0 fully saturated rings. The van der Waals surface area contributed by atoms with E-state index < -0.39 is 0 Å². The molecule has 0 atom stereocenters. The van der Waals surface area contributed by atoms with Crippen molar-refractivity contribution in [3.8, 4) is 0 Å². The highest BCUT2D eigenvalue weighted by atomic mass is 32.1. The number of nitrogens with two attached hydrogens (primary N) is 2. The SMILES string of the molecule is CC(=O)CCC(=O)N1Cc2ccccc2/C(N(N)CCOCCOCCOCCOCCC(=O)Nc2ccc3sc(C=O)cc3c2)=C(/N)c2ccccc21. The van der Waals surface area contributed by atoms with Crippen LogP contribution in [0.4, 0.5) is 11.4 Å². The van der Waals surface area contributed by atoms with Gasteiger partial charge in [0.15, 0.2) is 6.29 Å². The molecule has 0 bridgehead atoms. The number of carbonyl (C=O) groups excluding carboxylic acids is 4. The molecule has 4 aromatic rings. The van der Waals surface area contributed by atoms with Gasteiger partial charge in [-0.15, -0.1) is 11.3 Å². The number of hydrogen-bond acceptors (Lipinski definition) is 12. The predicted molar refractivity (Wildman–Crippen MR) is 210 cm³/mol. The number of nitrogens with one attached hydrogen (secondary N) is 1. The minimum atomic E-state index is -0.155. The van der Waals surface area contributed by atoms with E-state index in [2.05, 4.69) is 5.32 Å². The zero-order chi connectivity index (χ0) is 38.3. The number of anilines is 2. The van der Waals surface area contributed by atoms with Crippen molar-refractivity contribution in [3.63, 3.8) is 0 Å². The lowest BCUT2D eigenvalue weighted by Gasteiger charge is -2.33. The van der Waals surface area contributed by atoms with Crippen molar-refractivity contribution in [2.24, 2.45) is 11.6 Å². The molecule has 0 spiro atoms. The van der Waals surface area contributed by atoms with Crippen molar-refractivity contribution in [1.29, 1.82) is 0 Å². The van der Waals surface area contributed by atoms with Gasteiger partial charge in [0.05, 0.1) is 94.3 Å². The number of amides is 2. The fourth-order valence-corrected chi connectivity index (χ4v) is 6.79. The standard InChI is InChI=1S/C40H47N5O8S/c1-28(47)10-13-38(49)44-26-29-6-2-3-7-33(29)40(39(41)34-8-4-5-9-35(34)44)45(42)15-17-51-19-21-53-23-22-52-20-18-50-16-14-37(48)43-31-11-12-36-30(24-31)25-32(27-46)54-36/h2-9,11-12,24-25,27H,10,13-23,26,41-42H2,1H3,(H,43,48)/b40-39-. The van der Waals surface area contributed by atoms with Crippen LogP contribution < -0.4 is 21.8 Å². The monoisotopic (exact) mass is 757 g/mol. The summed E-state index contributed by atoms with van der Waals surface area (Å²) in [5, 5.41) is 5.35. The second kappa shape index (κ2) is 20.5. The van der Waals surface area contributed by atoms with Gasteiger partial charge in [0.1, 0.15) is 5.78 Å². The highest BCUT2D eigenvalue weighted by molar-refractivity contribution is 7.20. The third-order valence-corrected chi connectivity index (χ3v) is 9.66. The fraction of sp³-hybridized carbons (Fsp3) is 0.350. The Bertz CT molecular complexity index is 1950. The summed E-state index contributed by atoms with van der Waals surface area (Å²) in [5.74, 6) is 6.28. The number of carbonyl (C=O) groups is 4. The summed E-state index contributed by atoms with van der Waals surface area (Å²) in [6, 6.07) is 22.5. The Kier molecular flexibility index (Phi) is 15.3. The van der Waals surface area contributed by atoms with E-state index in [0.717, 1.165) is 27.5 Å². The number of ketones is 1. The Balaban J connectivity index is 0.969. The number of hydrazine groups is 1. The van der Waals surface area contributed by atoms with E-state index in [1.807, 2.05) is 66.7 Å². The second-order valence-corrected chi connectivity index (χ2v) is 13.7. The van der Waals surface area contributed by atoms with E-state index in [9.17, 15) is 19.2 Å². The molecule has 0 aliphatic carbocycles. The number of para-hydroxylation sites is 1. The first-order valence-corrected chi connectivity index (χ1v) is 18.7. The third kappa shape index (κ3) is 11.3. The number of fused-ring (bicyclic) bond motifs is 3. The van der Waals surface area contributed by atoms with Gasteiger partial charge in [0.25, 0.3) is 0 Å². The Hall–Kier alpha value is -4.96. The van der Waals surface area contributed by atoms with E-state index in [1.54, 1.807) is 16.0 Å². The van der Waals surface area contributed by atoms with Crippen LogP contribution in [0.5, 0.6) is 0 Å². The van der Waals surface area contributed by atoms with Crippen LogP contribution >= 0.6 is 11.3 Å². The van der Waals surface area contributed by atoms with Crippen LogP contribution in [-0.4, -0.2) is 88.3 Å². The lowest BCUT2D eigenvalue weighted by Crippen LogP contribution is -2.37. The fourth-order valence-electron chi connectivity index (χ4n) is 5.93. The average Bonchev–Trinajstić information content (AvgIpc) is 3.59. The lowest BCUT2D eigenvalue weighted by molar-refractivity contribution is -0.123. The number of aldehydes is 1. The molecule has 0 saturated carbocycles. The average molecular weight is 758 g/mol. The van der Waals surface area contributed by atoms with Crippen LogP contribution in [0.15, 0.2) is 72.8 Å². The summed E-state index contributed by atoms with van der Waals surface area (Å²) in [7, 11) is 0. The van der Waals surface area contributed by atoms with E-state index in [4.69, 9.17) is 30.5 Å². The Morgan fingerprint density at radius 2 is 1.46 bits per heavy atom. The van der Waals surface area contributed by atoms with Gasteiger partial charge >= 0.3 is 0 Å². The third-order valence-electron chi connectivity index (χ3n) is 8.62. The molecule has 5 rings (SSSR count). The first-order valence-electron chi connectivity index (χ1n) is 17.8. The normalized spacial score (nSPS) is 13.9. The molecule has 2 heterocycles. The van der Waals surface area contributed by atoms with Crippen LogP contribution in [-0.2, 0) is 39.9 Å². The molecular weight excluding hydrogens is 711 g/mol. The smallest absolute Gasteiger partial charge is 0.227 e. The number of thiophene rings is 1. The number of Topliss-reactive ketones (excluding diaryl/α,β-unsaturated/α-hetero) is 1. The van der Waals surface area contributed by atoms with Gasteiger partial charge in [-0.1, -0.05) is 42.5 Å². The first-order chi connectivity index (χ1) is 26.2. The van der Waals surface area contributed by atoms with Crippen molar-refractivity contribution >= 4 is 68.1 Å². The second-order valence-electron chi connectivity index (χ2n) is 12.6. The molecule has 0 unspecified atom stereocenters. The molecule has 5 N–H and O–H groups in total. The molecule has 2 amide bonds. The minimum Gasteiger partial charge on any atom is -0.396 e. The molecule has 54 heavy (non-hydrogen) atoms. The maximum atomic E-state index is 13.3. The largest absolute Gasteiger partial charge is 0.396 e. The summed E-state index contributed by atoms with van der Waals surface area (Å²) >= 11 is 1.41. The molecule has 286 valence electrons. The molecule has 0 saturated heterocycles. The Morgan fingerprint density at radius 1 is 0.815 bits per heavy atom. The van der Waals surface area contributed by atoms with Gasteiger partial charge in [-0.05, 0) is 48.2 Å². The lowest BCUT2D eigenvalue weighted by atomic mass is 9.95. The van der Waals surface area contributed by atoms with Crippen LogP contribution in [0.1, 0.15) is 52.5 Å². The number of ether oxygens (including phenoxy) is 4. The highest BCUT2D eigenvalue weighted by Gasteiger charge is 2.27. The van der Waals surface area contributed by atoms with E-state index in [-0.39, 0.29) is 43.5 Å². The summed E-state index contributed by atoms with van der Waals surface area (Å²) in [4.78, 5) is 50.5. The predicted octanol–water partition coefficient (Wildman–Crippen LogP) is 4.99. The first kappa shape index (κ1) is 40.2. The quantitative estimate of drug-likeness (QED) is 0.0452. The summed E-state index contributed by atoms with van der Waals surface area (Å²) in [6.07, 6.45) is 1.32. The van der Waals surface area contributed by atoms with Crippen molar-refractivity contribution in [2.45, 2.75) is 32.7 Å². The Labute approximate surface area is 318 Å². The molecule has 13 nitrogen and oxygen atoms in total. The topological polar surface area (TPSA) is 176 Å². The Morgan fingerprint density at radius 3 is 2.17 bits per heavy atom. The number of benzene rings is 3. The van der Waals surface area contributed by atoms with Crippen LogP contribution in [0.3, 0.4) is 0 Å². The van der Waals surface area contributed by atoms with Crippen LogP contribution in [0.2, 0.25) is 0 Å². The number of rotatable bonds is 21. The molecular formula is C40H47N5O8S. The number of hydrogen-bond donors (Lipinski definition) is 3. The van der Waals surface area contributed by atoms with Crippen molar-refractivity contribution in [2.75, 3.05) is 69.6 Å². The highest BCUT2D eigenvalue weighted by Crippen LogP contribution is 2.36. The van der Waals surface area contributed by atoms with Crippen molar-refractivity contribution in [3.05, 3.63) is 94.4 Å². The van der Waals surface area contributed by atoms with Gasteiger partial charge < -0.3 is 44.7 Å². The van der Waals surface area contributed by atoms with Gasteiger partial charge in [-0.3, -0.25) is 14.4 Å². The van der Waals surface area contributed by atoms with E-state index in [1.165, 1.54) is 18.3 Å². The molecule has 0 radical (unpaired) electrons. The van der Waals surface area contributed by atoms with Crippen LogP contribution in [0, 0.1) is 0 Å². The van der Waals surface area contributed by atoms with Crippen molar-refractivity contribution in [1.82, 2.24) is 5.01 Å². The zero-order valence-corrected chi connectivity index (χ0v) is 31.2.